The summed E-state index contributed by atoms with van der Waals surface area (Å²) < 4.78 is 25.6. The normalized spacial score (nSPS) is 13.6. The first-order chi connectivity index (χ1) is 12.4. The first-order valence-corrected chi connectivity index (χ1v) is 10.1. The lowest BCUT2D eigenvalue weighted by Gasteiger charge is -2.32. The monoisotopic (exact) mass is 369 g/mol. The van der Waals surface area contributed by atoms with Crippen LogP contribution in [0.15, 0.2) is 48.5 Å². The maximum Gasteiger partial charge on any atom is 0.247 e. The van der Waals surface area contributed by atoms with Crippen molar-refractivity contribution in [3.63, 3.8) is 0 Å². The van der Waals surface area contributed by atoms with Crippen LogP contribution in [0.25, 0.3) is 0 Å². The Kier molecular flexibility index (Phi) is 4.96. The average molecular weight is 369 g/mol. The molecule has 0 saturated heterocycles. The standard InChI is InChI=1S/C19H19N3O3S/c1-26(24,25)22(18-11-5-3-8-16(18)13-20)14-19(23)21-12-6-9-15-7-2-4-10-17(15)21/h2-5,7-8,10-11H,6,9,12,14H2,1H3. The van der Waals surface area contributed by atoms with E-state index in [0.29, 0.717) is 6.54 Å². The molecule has 0 N–H and O–H groups in total. The van der Waals surface area contributed by atoms with E-state index >= 15 is 0 Å². The van der Waals surface area contributed by atoms with Gasteiger partial charge in [-0.2, -0.15) is 5.26 Å². The van der Waals surface area contributed by atoms with Gasteiger partial charge < -0.3 is 4.90 Å². The van der Waals surface area contributed by atoms with Gasteiger partial charge in [0.25, 0.3) is 0 Å². The first-order valence-electron chi connectivity index (χ1n) is 8.27. The van der Waals surface area contributed by atoms with Gasteiger partial charge in [0.2, 0.25) is 15.9 Å². The molecule has 7 heteroatoms. The summed E-state index contributed by atoms with van der Waals surface area (Å²) in [5.41, 5.74) is 2.34. The van der Waals surface area contributed by atoms with Gasteiger partial charge >= 0.3 is 0 Å². The van der Waals surface area contributed by atoms with Crippen molar-refractivity contribution < 1.29 is 13.2 Å². The van der Waals surface area contributed by atoms with Crippen LogP contribution in [-0.2, 0) is 21.2 Å². The Hall–Kier alpha value is -2.85. The molecule has 0 aromatic heterocycles. The molecule has 2 aromatic rings. The molecule has 0 radical (unpaired) electrons. The zero-order chi connectivity index (χ0) is 18.7. The minimum atomic E-state index is -3.73. The van der Waals surface area contributed by atoms with E-state index in [1.165, 1.54) is 12.1 Å². The third kappa shape index (κ3) is 3.55. The SMILES string of the molecule is CS(=O)(=O)N(CC(=O)N1CCCc2ccccc21)c1ccccc1C#N. The highest BCUT2D eigenvalue weighted by Gasteiger charge is 2.28. The Morgan fingerprint density at radius 1 is 1.19 bits per heavy atom. The molecular formula is C19H19N3O3S. The van der Waals surface area contributed by atoms with Crippen LogP contribution in [0.4, 0.5) is 11.4 Å². The lowest BCUT2D eigenvalue weighted by molar-refractivity contribution is -0.117. The van der Waals surface area contributed by atoms with Crippen LogP contribution in [0.2, 0.25) is 0 Å². The summed E-state index contributed by atoms with van der Waals surface area (Å²) in [5, 5.41) is 9.28. The fraction of sp³-hybridized carbons (Fsp3) is 0.263. The lowest BCUT2D eigenvalue weighted by Crippen LogP contribution is -2.44. The van der Waals surface area contributed by atoms with Gasteiger partial charge in [-0.05, 0) is 36.6 Å². The smallest absolute Gasteiger partial charge is 0.247 e. The third-order valence-electron chi connectivity index (χ3n) is 4.38. The number of nitrogens with zero attached hydrogens (tertiary/aromatic N) is 3. The van der Waals surface area contributed by atoms with Gasteiger partial charge in [0, 0.05) is 12.2 Å². The van der Waals surface area contributed by atoms with Crippen molar-refractivity contribution in [2.75, 3.05) is 28.6 Å². The number of hydrogen-bond acceptors (Lipinski definition) is 4. The van der Waals surface area contributed by atoms with Crippen molar-refractivity contribution in [3.05, 3.63) is 59.7 Å². The van der Waals surface area contributed by atoms with Crippen LogP contribution >= 0.6 is 0 Å². The van der Waals surface area contributed by atoms with E-state index in [4.69, 9.17) is 0 Å². The molecule has 0 bridgehead atoms. The third-order valence-corrected chi connectivity index (χ3v) is 5.51. The number of nitriles is 1. The molecule has 1 amide bonds. The molecule has 0 spiro atoms. The molecular weight excluding hydrogens is 350 g/mol. The van der Waals surface area contributed by atoms with E-state index < -0.39 is 10.0 Å². The average Bonchev–Trinajstić information content (AvgIpc) is 2.64. The fourth-order valence-electron chi connectivity index (χ4n) is 3.17. The number of carbonyl (C=O) groups excluding carboxylic acids is 1. The number of fused-ring (bicyclic) bond motifs is 1. The van der Waals surface area contributed by atoms with Gasteiger partial charge in [0.05, 0.1) is 17.5 Å². The maximum absolute atomic E-state index is 12.9. The minimum Gasteiger partial charge on any atom is -0.311 e. The number of carbonyl (C=O) groups is 1. The zero-order valence-corrected chi connectivity index (χ0v) is 15.2. The van der Waals surface area contributed by atoms with Gasteiger partial charge in [-0.3, -0.25) is 9.10 Å². The summed E-state index contributed by atoms with van der Waals surface area (Å²) in [7, 11) is -3.73. The molecule has 1 aliphatic rings. The Bertz CT molecular complexity index is 980. The summed E-state index contributed by atoms with van der Waals surface area (Å²) >= 11 is 0. The van der Waals surface area contributed by atoms with Crippen molar-refractivity contribution >= 4 is 27.3 Å². The number of benzene rings is 2. The van der Waals surface area contributed by atoms with Crippen molar-refractivity contribution in [2.24, 2.45) is 0 Å². The number of aryl methyl sites for hydroxylation is 1. The van der Waals surface area contributed by atoms with Gasteiger partial charge in [-0.15, -0.1) is 0 Å². The van der Waals surface area contributed by atoms with E-state index in [0.717, 1.165) is 34.7 Å². The van der Waals surface area contributed by atoms with E-state index in [-0.39, 0.29) is 23.7 Å². The van der Waals surface area contributed by atoms with E-state index in [1.807, 2.05) is 30.3 Å². The molecule has 0 saturated carbocycles. The molecule has 0 unspecified atom stereocenters. The van der Waals surface area contributed by atoms with Gasteiger partial charge in [-0.25, -0.2) is 8.42 Å². The maximum atomic E-state index is 12.9. The second-order valence-electron chi connectivity index (χ2n) is 6.18. The van der Waals surface area contributed by atoms with Crippen LogP contribution in [0.5, 0.6) is 0 Å². The van der Waals surface area contributed by atoms with Gasteiger partial charge in [-0.1, -0.05) is 30.3 Å². The van der Waals surface area contributed by atoms with Gasteiger partial charge in [0.15, 0.2) is 0 Å². The zero-order valence-electron chi connectivity index (χ0n) is 14.4. The fourth-order valence-corrected chi connectivity index (χ4v) is 4.03. The second-order valence-corrected chi connectivity index (χ2v) is 8.08. The molecule has 26 heavy (non-hydrogen) atoms. The van der Waals surface area contributed by atoms with E-state index in [9.17, 15) is 18.5 Å². The molecule has 2 aromatic carbocycles. The van der Waals surface area contributed by atoms with Crippen molar-refractivity contribution in [1.82, 2.24) is 0 Å². The number of sulfonamides is 1. The quantitative estimate of drug-likeness (QED) is 0.828. The highest BCUT2D eigenvalue weighted by molar-refractivity contribution is 7.92. The minimum absolute atomic E-state index is 0.213. The predicted molar refractivity (Wildman–Crippen MR) is 100 cm³/mol. The largest absolute Gasteiger partial charge is 0.311 e. The number of para-hydroxylation sites is 2. The number of rotatable bonds is 4. The molecule has 6 nitrogen and oxygen atoms in total. The Morgan fingerprint density at radius 3 is 2.62 bits per heavy atom. The summed E-state index contributed by atoms with van der Waals surface area (Å²) in [6.07, 6.45) is 2.77. The van der Waals surface area contributed by atoms with Crippen LogP contribution in [-0.4, -0.2) is 33.7 Å². The molecule has 3 rings (SSSR count). The molecule has 0 aliphatic carbocycles. The van der Waals surface area contributed by atoms with Gasteiger partial charge in [0.1, 0.15) is 12.6 Å². The van der Waals surface area contributed by atoms with Crippen molar-refractivity contribution in [1.29, 1.82) is 5.26 Å². The number of amides is 1. The van der Waals surface area contributed by atoms with E-state index in [1.54, 1.807) is 17.0 Å². The highest BCUT2D eigenvalue weighted by atomic mass is 32.2. The van der Waals surface area contributed by atoms with Crippen molar-refractivity contribution in [3.8, 4) is 6.07 Å². The van der Waals surface area contributed by atoms with Crippen LogP contribution in [0.3, 0.4) is 0 Å². The molecule has 1 aliphatic heterocycles. The second kappa shape index (κ2) is 7.18. The summed E-state index contributed by atoms with van der Waals surface area (Å²) in [4.78, 5) is 14.6. The molecule has 1 heterocycles. The number of anilines is 2. The van der Waals surface area contributed by atoms with Crippen molar-refractivity contribution in [2.45, 2.75) is 12.8 Å². The summed E-state index contributed by atoms with van der Waals surface area (Å²) in [5.74, 6) is -0.310. The predicted octanol–water partition coefficient (Wildman–Crippen LogP) is 2.30. The van der Waals surface area contributed by atoms with E-state index in [2.05, 4.69) is 0 Å². The number of hydrogen-bond donors (Lipinski definition) is 0. The Labute approximate surface area is 153 Å². The van der Waals surface area contributed by atoms with Crippen LogP contribution in [0.1, 0.15) is 17.5 Å². The molecule has 0 fully saturated rings. The molecule has 134 valence electrons. The van der Waals surface area contributed by atoms with Crippen LogP contribution in [0, 0.1) is 11.3 Å². The Morgan fingerprint density at radius 2 is 1.88 bits per heavy atom. The highest BCUT2D eigenvalue weighted by Crippen LogP contribution is 2.28. The summed E-state index contributed by atoms with van der Waals surface area (Å²) in [6.45, 7) is 0.208. The lowest BCUT2D eigenvalue weighted by atomic mass is 10.0. The Balaban J connectivity index is 1.94. The topological polar surface area (TPSA) is 81.5 Å². The summed E-state index contributed by atoms with van der Waals surface area (Å²) in [6, 6.07) is 16.0. The van der Waals surface area contributed by atoms with Crippen LogP contribution < -0.4 is 9.21 Å². The first kappa shape index (κ1) is 18.0. The molecule has 0 atom stereocenters.